The SMILES string of the molecule is CCOc1ccc(C(C)NC(=NC)NCc2cccc(-n3cccn3)c2)cc1OCC.I. The van der Waals surface area contributed by atoms with E-state index in [1.807, 2.05) is 61.1 Å². The van der Waals surface area contributed by atoms with Crippen LogP contribution < -0.4 is 20.1 Å². The fourth-order valence-corrected chi connectivity index (χ4v) is 3.24. The Morgan fingerprint density at radius 2 is 1.84 bits per heavy atom. The number of hydrogen-bond acceptors (Lipinski definition) is 4. The van der Waals surface area contributed by atoms with Crippen LogP contribution in [0.4, 0.5) is 0 Å². The monoisotopic (exact) mass is 549 g/mol. The maximum absolute atomic E-state index is 5.75. The van der Waals surface area contributed by atoms with Crippen molar-refractivity contribution in [2.24, 2.45) is 4.99 Å². The Balaban J connectivity index is 0.00000363. The largest absolute Gasteiger partial charge is 0.490 e. The van der Waals surface area contributed by atoms with Crippen molar-refractivity contribution in [2.75, 3.05) is 20.3 Å². The minimum Gasteiger partial charge on any atom is -0.490 e. The highest BCUT2D eigenvalue weighted by Gasteiger charge is 2.12. The Morgan fingerprint density at radius 1 is 1.06 bits per heavy atom. The van der Waals surface area contributed by atoms with Gasteiger partial charge in [0.25, 0.3) is 0 Å². The van der Waals surface area contributed by atoms with Crippen LogP contribution in [0.3, 0.4) is 0 Å². The van der Waals surface area contributed by atoms with Crippen molar-refractivity contribution in [3.8, 4) is 17.2 Å². The van der Waals surface area contributed by atoms with E-state index >= 15 is 0 Å². The third-order valence-electron chi connectivity index (χ3n) is 4.78. The van der Waals surface area contributed by atoms with Crippen LogP contribution in [0.5, 0.6) is 11.5 Å². The first-order chi connectivity index (χ1) is 15.1. The van der Waals surface area contributed by atoms with Crippen LogP contribution in [0.25, 0.3) is 5.69 Å². The summed E-state index contributed by atoms with van der Waals surface area (Å²) in [5.74, 6) is 2.25. The summed E-state index contributed by atoms with van der Waals surface area (Å²) in [6, 6.07) is 16.2. The second kappa shape index (κ2) is 12.9. The van der Waals surface area contributed by atoms with E-state index in [9.17, 15) is 0 Å². The Labute approximate surface area is 207 Å². The van der Waals surface area contributed by atoms with Gasteiger partial charge in [0.2, 0.25) is 0 Å². The molecule has 3 aromatic rings. The van der Waals surface area contributed by atoms with Crippen molar-refractivity contribution in [1.29, 1.82) is 0 Å². The second-order valence-corrected chi connectivity index (χ2v) is 6.98. The number of nitrogens with zero attached hydrogens (tertiary/aromatic N) is 3. The molecule has 8 heteroatoms. The minimum atomic E-state index is 0. The number of halogens is 1. The van der Waals surface area contributed by atoms with Crippen LogP contribution in [0.15, 0.2) is 65.9 Å². The van der Waals surface area contributed by atoms with Crippen molar-refractivity contribution >= 4 is 29.9 Å². The van der Waals surface area contributed by atoms with E-state index in [1.54, 1.807) is 13.2 Å². The Hall–Kier alpha value is -2.75. The summed E-state index contributed by atoms with van der Waals surface area (Å²) in [7, 11) is 1.77. The summed E-state index contributed by atoms with van der Waals surface area (Å²) in [6.07, 6.45) is 3.71. The number of ether oxygens (including phenoxy) is 2. The molecular weight excluding hydrogens is 517 g/mol. The topological polar surface area (TPSA) is 72.7 Å². The van der Waals surface area contributed by atoms with E-state index < -0.39 is 0 Å². The van der Waals surface area contributed by atoms with Crippen molar-refractivity contribution in [3.05, 3.63) is 72.1 Å². The average molecular weight is 549 g/mol. The third kappa shape index (κ3) is 6.88. The maximum atomic E-state index is 5.75. The number of hydrogen-bond donors (Lipinski definition) is 2. The lowest BCUT2D eigenvalue weighted by Crippen LogP contribution is -2.38. The molecule has 2 aromatic carbocycles. The summed E-state index contributed by atoms with van der Waals surface area (Å²) in [5.41, 5.74) is 3.26. The molecule has 0 aliphatic rings. The summed E-state index contributed by atoms with van der Waals surface area (Å²) >= 11 is 0. The molecule has 172 valence electrons. The maximum Gasteiger partial charge on any atom is 0.191 e. The van der Waals surface area contributed by atoms with E-state index in [2.05, 4.69) is 39.8 Å². The second-order valence-electron chi connectivity index (χ2n) is 6.98. The fourth-order valence-electron chi connectivity index (χ4n) is 3.24. The molecule has 0 radical (unpaired) electrons. The van der Waals surface area contributed by atoms with Crippen LogP contribution >= 0.6 is 24.0 Å². The van der Waals surface area contributed by atoms with Gasteiger partial charge in [-0.25, -0.2) is 4.68 Å². The van der Waals surface area contributed by atoms with Gasteiger partial charge in [-0.3, -0.25) is 4.99 Å². The van der Waals surface area contributed by atoms with Crippen LogP contribution in [0, 0.1) is 0 Å². The molecule has 2 N–H and O–H groups in total. The molecule has 1 unspecified atom stereocenters. The zero-order valence-corrected chi connectivity index (χ0v) is 21.4. The summed E-state index contributed by atoms with van der Waals surface area (Å²) in [5, 5.41) is 11.1. The molecule has 7 nitrogen and oxygen atoms in total. The molecule has 0 spiro atoms. The fraction of sp³-hybridized carbons (Fsp3) is 0.333. The van der Waals surface area contributed by atoms with Crippen molar-refractivity contribution in [1.82, 2.24) is 20.4 Å². The normalized spacial score (nSPS) is 11.9. The molecule has 0 aliphatic carbocycles. The molecular formula is C24H32IN5O2. The summed E-state index contributed by atoms with van der Waals surface area (Å²) < 4.78 is 13.3. The Kier molecular flexibility index (Phi) is 10.3. The van der Waals surface area contributed by atoms with Crippen molar-refractivity contribution in [3.63, 3.8) is 0 Å². The van der Waals surface area contributed by atoms with Gasteiger partial charge >= 0.3 is 0 Å². The average Bonchev–Trinajstić information content (AvgIpc) is 3.33. The molecule has 0 aliphatic heterocycles. The van der Waals surface area contributed by atoms with E-state index in [1.165, 1.54) is 0 Å². The number of rotatable bonds is 9. The van der Waals surface area contributed by atoms with Crippen LogP contribution in [-0.4, -0.2) is 36.0 Å². The first-order valence-corrected chi connectivity index (χ1v) is 10.6. The Morgan fingerprint density at radius 3 is 2.53 bits per heavy atom. The highest BCUT2D eigenvalue weighted by Crippen LogP contribution is 2.30. The van der Waals surface area contributed by atoms with Crippen LogP contribution in [-0.2, 0) is 6.54 Å². The molecule has 1 atom stereocenters. The predicted molar refractivity (Wildman–Crippen MR) is 140 cm³/mol. The first-order valence-electron chi connectivity index (χ1n) is 10.6. The van der Waals surface area contributed by atoms with Gasteiger partial charge in [0.05, 0.1) is 24.9 Å². The molecule has 1 aromatic heterocycles. The molecule has 3 rings (SSSR count). The van der Waals surface area contributed by atoms with Gasteiger partial charge in [-0.05, 0) is 62.2 Å². The van der Waals surface area contributed by atoms with E-state index in [0.29, 0.717) is 19.8 Å². The smallest absolute Gasteiger partial charge is 0.191 e. The summed E-state index contributed by atoms with van der Waals surface area (Å²) in [6.45, 7) is 7.87. The van der Waals surface area contributed by atoms with Crippen LogP contribution in [0.2, 0.25) is 0 Å². The molecule has 0 bridgehead atoms. The van der Waals surface area contributed by atoms with Crippen molar-refractivity contribution in [2.45, 2.75) is 33.4 Å². The van der Waals surface area contributed by atoms with Gasteiger partial charge in [0.1, 0.15) is 0 Å². The lowest BCUT2D eigenvalue weighted by atomic mass is 10.1. The molecule has 0 saturated carbocycles. The molecule has 1 heterocycles. The lowest BCUT2D eigenvalue weighted by Gasteiger charge is -2.20. The van der Waals surface area contributed by atoms with E-state index in [4.69, 9.17) is 9.47 Å². The highest BCUT2D eigenvalue weighted by atomic mass is 127. The number of aliphatic imine (C=N–C) groups is 1. The van der Waals surface area contributed by atoms with Crippen LogP contribution in [0.1, 0.15) is 37.9 Å². The summed E-state index contributed by atoms with van der Waals surface area (Å²) in [4.78, 5) is 4.37. The van der Waals surface area contributed by atoms with Gasteiger partial charge in [-0.1, -0.05) is 18.2 Å². The molecule has 0 fully saturated rings. The number of nitrogens with one attached hydrogen (secondary N) is 2. The van der Waals surface area contributed by atoms with Gasteiger partial charge < -0.3 is 20.1 Å². The number of aromatic nitrogens is 2. The Bertz CT molecular complexity index is 992. The quantitative estimate of drug-likeness (QED) is 0.230. The minimum absolute atomic E-state index is 0. The van der Waals surface area contributed by atoms with Gasteiger partial charge in [-0.15, -0.1) is 24.0 Å². The van der Waals surface area contributed by atoms with Gasteiger partial charge in [0.15, 0.2) is 17.5 Å². The molecule has 32 heavy (non-hydrogen) atoms. The highest BCUT2D eigenvalue weighted by molar-refractivity contribution is 14.0. The zero-order chi connectivity index (χ0) is 22.1. The van der Waals surface area contributed by atoms with E-state index in [0.717, 1.165) is 34.3 Å². The predicted octanol–water partition coefficient (Wildman–Crippen LogP) is 4.71. The van der Waals surface area contributed by atoms with Crippen molar-refractivity contribution < 1.29 is 9.47 Å². The van der Waals surface area contributed by atoms with Gasteiger partial charge in [0, 0.05) is 26.0 Å². The standard InChI is InChI=1S/C24H31N5O2.HI/c1-5-30-22-12-11-20(16-23(22)31-6-2)18(3)28-24(25-4)26-17-19-9-7-10-21(15-19)29-14-8-13-27-29;/h7-16,18H,5-6,17H2,1-4H3,(H2,25,26,28);1H. The number of benzene rings is 2. The third-order valence-corrected chi connectivity index (χ3v) is 4.78. The number of guanidine groups is 1. The molecule has 0 saturated heterocycles. The lowest BCUT2D eigenvalue weighted by molar-refractivity contribution is 0.287. The molecule has 0 amide bonds. The van der Waals surface area contributed by atoms with Gasteiger partial charge in [-0.2, -0.15) is 5.10 Å². The first kappa shape index (κ1) is 25.5. The van der Waals surface area contributed by atoms with E-state index in [-0.39, 0.29) is 30.0 Å². The zero-order valence-electron chi connectivity index (χ0n) is 19.0.